The van der Waals surface area contributed by atoms with Crippen LogP contribution in [0.2, 0.25) is 0 Å². The fraction of sp³-hybridized carbons (Fsp3) is 0. The topological polar surface area (TPSA) is 38.7 Å². The van der Waals surface area contributed by atoms with E-state index in [-0.39, 0.29) is 0 Å². The molecule has 0 unspecified atom stereocenters. The van der Waals surface area contributed by atoms with E-state index in [0.717, 1.165) is 54.7 Å². The first-order valence-corrected chi connectivity index (χ1v) is 17.0. The monoisotopic (exact) mass is 635 g/mol. The van der Waals surface area contributed by atoms with Crippen LogP contribution in [-0.4, -0.2) is 15.0 Å². The first kappa shape index (κ1) is 28.3. The van der Waals surface area contributed by atoms with Crippen molar-refractivity contribution >= 4 is 53.9 Å². The third-order valence-corrected chi connectivity index (χ3v) is 9.89. The lowest BCUT2D eigenvalue weighted by molar-refractivity contribution is 1.08. The number of aromatic nitrogens is 3. The molecule has 3 nitrogen and oxygen atoms in total. The molecule has 9 aromatic carbocycles. The molecule has 0 fully saturated rings. The number of hydrogen-bond donors (Lipinski definition) is 0. The Morgan fingerprint density at radius 3 is 1.64 bits per heavy atom. The van der Waals surface area contributed by atoms with Gasteiger partial charge in [-0.1, -0.05) is 170 Å². The highest BCUT2D eigenvalue weighted by Crippen LogP contribution is 2.41. The van der Waals surface area contributed by atoms with Crippen LogP contribution < -0.4 is 0 Å². The molecule has 3 heteroatoms. The minimum atomic E-state index is 0.642. The van der Waals surface area contributed by atoms with E-state index in [1.54, 1.807) is 0 Å². The Labute approximate surface area is 289 Å². The van der Waals surface area contributed by atoms with E-state index in [2.05, 4.69) is 170 Å². The molecule has 50 heavy (non-hydrogen) atoms. The lowest BCUT2D eigenvalue weighted by Gasteiger charge is -2.16. The average Bonchev–Trinajstić information content (AvgIpc) is 3.19. The fourth-order valence-electron chi connectivity index (χ4n) is 7.58. The molecular formula is C47H29N3. The maximum atomic E-state index is 5.42. The number of benzene rings is 9. The summed E-state index contributed by atoms with van der Waals surface area (Å²) in [4.78, 5) is 16.1. The molecule has 0 N–H and O–H groups in total. The van der Waals surface area contributed by atoms with Gasteiger partial charge in [0.1, 0.15) is 0 Å². The molecule has 0 radical (unpaired) electrons. The zero-order valence-electron chi connectivity index (χ0n) is 27.1. The Balaban J connectivity index is 1.34. The SMILES string of the molecule is c1ccc(-c2ccccc2-c2nc(-c3c4ccccc4cc4c3ccc3ccccc34)nc(-c3cccc4ccc5ccccc5c34)n2)cc1. The van der Waals surface area contributed by atoms with Crippen LogP contribution in [0.4, 0.5) is 0 Å². The first-order valence-electron chi connectivity index (χ1n) is 17.0. The summed E-state index contributed by atoms with van der Waals surface area (Å²) < 4.78 is 0. The van der Waals surface area contributed by atoms with E-state index in [9.17, 15) is 0 Å². The van der Waals surface area contributed by atoms with E-state index >= 15 is 0 Å². The summed E-state index contributed by atoms with van der Waals surface area (Å²) in [5.41, 5.74) is 5.15. The van der Waals surface area contributed by atoms with E-state index in [0.29, 0.717) is 17.5 Å². The molecule has 0 saturated carbocycles. The van der Waals surface area contributed by atoms with Crippen molar-refractivity contribution in [2.75, 3.05) is 0 Å². The predicted molar refractivity (Wildman–Crippen MR) is 209 cm³/mol. The highest BCUT2D eigenvalue weighted by Gasteiger charge is 2.21. The summed E-state index contributed by atoms with van der Waals surface area (Å²) in [6.45, 7) is 0. The zero-order chi connectivity index (χ0) is 33.0. The van der Waals surface area contributed by atoms with Crippen molar-refractivity contribution in [3.05, 3.63) is 176 Å². The summed E-state index contributed by atoms with van der Waals surface area (Å²) in [6, 6.07) is 62.2. The van der Waals surface area contributed by atoms with Gasteiger partial charge in [-0.3, -0.25) is 0 Å². The van der Waals surface area contributed by atoms with Crippen LogP contribution in [-0.2, 0) is 0 Å². The molecule has 0 bridgehead atoms. The van der Waals surface area contributed by atoms with Gasteiger partial charge in [0, 0.05) is 22.1 Å². The van der Waals surface area contributed by atoms with Gasteiger partial charge in [-0.2, -0.15) is 0 Å². The van der Waals surface area contributed by atoms with Crippen LogP contribution in [0, 0.1) is 0 Å². The van der Waals surface area contributed by atoms with Gasteiger partial charge >= 0.3 is 0 Å². The summed E-state index contributed by atoms with van der Waals surface area (Å²) in [5, 5.41) is 11.6. The Hall–Kier alpha value is -6.71. The molecule has 10 aromatic rings. The third-order valence-electron chi connectivity index (χ3n) is 9.89. The number of hydrogen-bond acceptors (Lipinski definition) is 3. The van der Waals surface area contributed by atoms with Crippen molar-refractivity contribution in [3.8, 4) is 45.3 Å². The fourth-order valence-corrected chi connectivity index (χ4v) is 7.58. The summed E-state index contributed by atoms with van der Waals surface area (Å²) in [5.74, 6) is 1.95. The Morgan fingerprint density at radius 1 is 0.280 bits per heavy atom. The molecule has 232 valence electrons. The van der Waals surface area contributed by atoms with Gasteiger partial charge in [-0.25, -0.2) is 15.0 Å². The largest absolute Gasteiger partial charge is 0.208 e. The number of nitrogens with zero attached hydrogens (tertiary/aromatic N) is 3. The second-order valence-corrected chi connectivity index (χ2v) is 12.8. The highest BCUT2D eigenvalue weighted by atomic mass is 15.0. The molecule has 1 aromatic heterocycles. The lowest BCUT2D eigenvalue weighted by Crippen LogP contribution is -2.02. The average molecular weight is 636 g/mol. The molecule has 0 aliphatic rings. The van der Waals surface area contributed by atoms with Gasteiger partial charge in [-0.05, 0) is 65.7 Å². The van der Waals surface area contributed by atoms with E-state index in [4.69, 9.17) is 15.0 Å². The van der Waals surface area contributed by atoms with Crippen molar-refractivity contribution in [3.63, 3.8) is 0 Å². The normalized spacial score (nSPS) is 11.6. The number of rotatable bonds is 4. The maximum Gasteiger partial charge on any atom is 0.165 e. The third kappa shape index (κ3) is 4.56. The Morgan fingerprint density at radius 2 is 0.820 bits per heavy atom. The standard InChI is InChI=1S/C47H29N3/c1-2-13-30(14-3-1)35-19-10-11-23-40(35)45-48-46(41-24-12-18-33-26-25-32-16-5-8-21-37(32)43(33)41)50-47(49-45)44-38-22-9-6-17-34(38)29-42-36-20-7-4-15-31(36)27-28-39(42)44/h1-29H. The molecular weight excluding hydrogens is 607 g/mol. The molecule has 1 heterocycles. The van der Waals surface area contributed by atoms with Crippen LogP contribution in [0.15, 0.2) is 176 Å². The zero-order valence-corrected chi connectivity index (χ0v) is 27.1. The molecule has 0 atom stereocenters. The second kappa shape index (κ2) is 11.5. The van der Waals surface area contributed by atoms with Crippen LogP contribution >= 0.6 is 0 Å². The van der Waals surface area contributed by atoms with Gasteiger partial charge in [-0.15, -0.1) is 0 Å². The van der Waals surface area contributed by atoms with Crippen molar-refractivity contribution in [2.45, 2.75) is 0 Å². The van der Waals surface area contributed by atoms with E-state index in [1.165, 1.54) is 26.9 Å². The Kier molecular flexibility index (Phi) is 6.49. The van der Waals surface area contributed by atoms with Gasteiger partial charge in [0.25, 0.3) is 0 Å². The van der Waals surface area contributed by atoms with Gasteiger partial charge in [0.2, 0.25) is 0 Å². The summed E-state index contributed by atoms with van der Waals surface area (Å²) >= 11 is 0. The second-order valence-electron chi connectivity index (χ2n) is 12.8. The summed E-state index contributed by atoms with van der Waals surface area (Å²) in [7, 11) is 0. The lowest BCUT2D eigenvalue weighted by atomic mass is 9.92. The minimum Gasteiger partial charge on any atom is -0.208 e. The first-order chi connectivity index (χ1) is 24.8. The van der Waals surface area contributed by atoms with E-state index in [1.807, 2.05) is 6.07 Å². The number of fused-ring (bicyclic) bond motifs is 7. The molecule has 10 rings (SSSR count). The molecule has 0 spiro atoms. The predicted octanol–water partition coefficient (Wildman–Crippen LogP) is 12.3. The smallest absolute Gasteiger partial charge is 0.165 e. The van der Waals surface area contributed by atoms with Gasteiger partial charge < -0.3 is 0 Å². The Bertz CT molecular complexity index is 2930. The van der Waals surface area contributed by atoms with Crippen LogP contribution in [0.3, 0.4) is 0 Å². The minimum absolute atomic E-state index is 0.642. The molecule has 0 aliphatic carbocycles. The van der Waals surface area contributed by atoms with Gasteiger partial charge in [0.05, 0.1) is 0 Å². The molecule has 0 aliphatic heterocycles. The molecule has 0 amide bonds. The quantitative estimate of drug-likeness (QED) is 0.143. The molecule has 0 saturated heterocycles. The van der Waals surface area contributed by atoms with Crippen LogP contribution in [0.5, 0.6) is 0 Å². The van der Waals surface area contributed by atoms with Gasteiger partial charge in [0.15, 0.2) is 17.5 Å². The van der Waals surface area contributed by atoms with Crippen molar-refractivity contribution in [2.24, 2.45) is 0 Å². The summed E-state index contributed by atoms with van der Waals surface area (Å²) in [6.07, 6.45) is 0. The van der Waals surface area contributed by atoms with Crippen molar-refractivity contribution in [1.82, 2.24) is 15.0 Å². The van der Waals surface area contributed by atoms with Crippen LogP contribution in [0.1, 0.15) is 0 Å². The van der Waals surface area contributed by atoms with Crippen LogP contribution in [0.25, 0.3) is 99.2 Å². The van der Waals surface area contributed by atoms with Crippen molar-refractivity contribution in [1.29, 1.82) is 0 Å². The highest BCUT2D eigenvalue weighted by molar-refractivity contribution is 6.20. The maximum absolute atomic E-state index is 5.42. The van der Waals surface area contributed by atoms with E-state index < -0.39 is 0 Å². The van der Waals surface area contributed by atoms with Crippen molar-refractivity contribution < 1.29 is 0 Å².